The number of hydrogen-bond donors (Lipinski definition) is 2. The van der Waals surface area contributed by atoms with Gasteiger partial charge in [-0.05, 0) is 29.8 Å². The van der Waals surface area contributed by atoms with Gasteiger partial charge in [0.15, 0.2) is 0 Å². The standard InChI is InChI=1S/C13H14N2O3/c14-15-13(16)11-5-3-10(4-6-11)8-17-9-12-2-1-7-18-12/h1-7H,8-9,14H2,(H,15,16). The molecule has 0 aliphatic rings. The second-order valence-electron chi connectivity index (χ2n) is 3.74. The Hall–Kier alpha value is -2.11. The third-order valence-corrected chi connectivity index (χ3v) is 2.44. The van der Waals surface area contributed by atoms with Crippen molar-refractivity contribution in [2.75, 3.05) is 0 Å². The van der Waals surface area contributed by atoms with Crippen molar-refractivity contribution in [3.8, 4) is 0 Å². The topological polar surface area (TPSA) is 77.5 Å². The first-order valence-electron chi connectivity index (χ1n) is 5.49. The highest BCUT2D eigenvalue weighted by Gasteiger charge is 2.03. The van der Waals surface area contributed by atoms with E-state index in [9.17, 15) is 4.79 Å². The van der Waals surface area contributed by atoms with E-state index in [4.69, 9.17) is 15.0 Å². The molecular weight excluding hydrogens is 232 g/mol. The van der Waals surface area contributed by atoms with Crippen LogP contribution in [0.1, 0.15) is 21.7 Å². The van der Waals surface area contributed by atoms with Gasteiger partial charge < -0.3 is 9.15 Å². The zero-order valence-corrected chi connectivity index (χ0v) is 9.76. The maximum absolute atomic E-state index is 11.2. The van der Waals surface area contributed by atoms with Crippen molar-refractivity contribution in [1.29, 1.82) is 0 Å². The summed E-state index contributed by atoms with van der Waals surface area (Å²) in [7, 11) is 0. The molecule has 0 bridgehead atoms. The number of carbonyl (C=O) groups is 1. The predicted molar refractivity (Wildman–Crippen MR) is 65.3 cm³/mol. The molecule has 1 aromatic carbocycles. The van der Waals surface area contributed by atoms with Gasteiger partial charge in [-0.15, -0.1) is 0 Å². The van der Waals surface area contributed by atoms with Crippen molar-refractivity contribution in [2.24, 2.45) is 5.84 Å². The summed E-state index contributed by atoms with van der Waals surface area (Å²) in [5, 5.41) is 0. The molecule has 1 heterocycles. The molecule has 0 saturated carbocycles. The lowest BCUT2D eigenvalue weighted by Crippen LogP contribution is -2.29. The van der Waals surface area contributed by atoms with Gasteiger partial charge in [0.2, 0.25) is 0 Å². The summed E-state index contributed by atoms with van der Waals surface area (Å²) >= 11 is 0. The number of hydrazine groups is 1. The van der Waals surface area contributed by atoms with Crippen LogP contribution in [-0.2, 0) is 18.0 Å². The van der Waals surface area contributed by atoms with E-state index in [0.29, 0.717) is 18.8 Å². The molecule has 0 aliphatic carbocycles. The van der Waals surface area contributed by atoms with Crippen molar-refractivity contribution >= 4 is 5.91 Å². The number of nitrogens with two attached hydrogens (primary N) is 1. The molecule has 1 amide bonds. The molecule has 5 nitrogen and oxygen atoms in total. The third-order valence-electron chi connectivity index (χ3n) is 2.44. The van der Waals surface area contributed by atoms with Gasteiger partial charge in [0.1, 0.15) is 12.4 Å². The summed E-state index contributed by atoms with van der Waals surface area (Å²) < 4.78 is 10.6. The third kappa shape index (κ3) is 3.19. The van der Waals surface area contributed by atoms with E-state index in [2.05, 4.69) is 5.43 Å². The number of nitrogen functional groups attached to an aromatic ring is 1. The normalized spacial score (nSPS) is 10.3. The van der Waals surface area contributed by atoms with E-state index < -0.39 is 0 Å². The number of ether oxygens (including phenoxy) is 1. The fourth-order valence-electron chi connectivity index (χ4n) is 1.50. The Morgan fingerprint density at radius 3 is 2.61 bits per heavy atom. The molecule has 0 radical (unpaired) electrons. The smallest absolute Gasteiger partial charge is 0.265 e. The molecule has 18 heavy (non-hydrogen) atoms. The molecule has 2 rings (SSSR count). The Bertz CT molecular complexity index is 491. The Labute approximate surface area is 105 Å². The maximum atomic E-state index is 11.2. The lowest BCUT2D eigenvalue weighted by Gasteiger charge is -2.04. The number of amides is 1. The van der Waals surface area contributed by atoms with Crippen LogP contribution in [0.3, 0.4) is 0 Å². The SMILES string of the molecule is NNC(=O)c1ccc(COCc2ccco2)cc1. The molecule has 0 spiro atoms. The molecule has 2 aromatic rings. The molecule has 0 aliphatic heterocycles. The summed E-state index contributed by atoms with van der Waals surface area (Å²) in [6, 6.07) is 10.7. The van der Waals surface area contributed by atoms with Crippen molar-refractivity contribution in [3.63, 3.8) is 0 Å². The van der Waals surface area contributed by atoms with Crippen LogP contribution in [0, 0.1) is 0 Å². The highest BCUT2D eigenvalue weighted by atomic mass is 16.5. The quantitative estimate of drug-likeness (QED) is 0.477. The summed E-state index contributed by atoms with van der Waals surface area (Å²) in [6.45, 7) is 0.892. The number of rotatable bonds is 5. The number of benzene rings is 1. The highest BCUT2D eigenvalue weighted by molar-refractivity contribution is 5.93. The van der Waals surface area contributed by atoms with Gasteiger partial charge in [-0.1, -0.05) is 12.1 Å². The van der Waals surface area contributed by atoms with Gasteiger partial charge >= 0.3 is 0 Å². The van der Waals surface area contributed by atoms with E-state index in [1.165, 1.54) is 0 Å². The van der Waals surface area contributed by atoms with Crippen LogP contribution in [0.4, 0.5) is 0 Å². The minimum absolute atomic E-state index is 0.307. The van der Waals surface area contributed by atoms with E-state index in [0.717, 1.165) is 11.3 Å². The van der Waals surface area contributed by atoms with Gasteiger partial charge in [0.25, 0.3) is 5.91 Å². The average Bonchev–Trinajstić information content (AvgIpc) is 2.92. The lowest BCUT2D eigenvalue weighted by atomic mass is 10.1. The minimum atomic E-state index is -0.307. The monoisotopic (exact) mass is 246 g/mol. The Morgan fingerprint density at radius 2 is 2.00 bits per heavy atom. The van der Waals surface area contributed by atoms with Gasteiger partial charge in [0, 0.05) is 5.56 Å². The molecule has 0 atom stereocenters. The number of hydrogen-bond acceptors (Lipinski definition) is 4. The average molecular weight is 246 g/mol. The van der Waals surface area contributed by atoms with E-state index >= 15 is 0 Å². The van der Waals surface area contributed by atoms with Gasteiger partial charge in [0.05, 0.1) is 12.9 Å². The Balaban J connectivity index is 1.85. The number of nitrogens with one attached hydrogen (secondary N) is 1. The zero-order chi connectivity index (χ0) is 12.8. The van der Waals surface area contributed by atoms with Crippen LogP contribution in [0.15, 0.2) is 47.1 Å². The van der Waals surface area contributed by atoms with Gasteiger partial charge in [-0.3, -0.25) is 10.2 Å². The largest absolute Gasteiger partial charge is 0.467 e. The van der Waals surface area contributed by atoms with E-state index in [-0.39, 0.29) is 5.91 Å². The highest BCUT2D eigenvalue weighted by Crippen LogP contribution is 2.08. The minimum Gasteiger partial charge on any atom is -0.467 e. The first-order chi connectivity index (χ1) is 8.79. The summed E-state index contributed by atoms with van der Waals surface area (Å²) in [4.78, 5) is 11.2. The molecule has 94 valence electrons. The van der Waals surface area contributed by atoms with Crippen LogP contribution >= 0.6 is 0 Å². The van der Waals surface area contributed by atoms with Crippen LogP contribution < -0.4 is 11.3 Å². The Morgan fingerprint density at radius 1 is 1.22 bits per heavy atom. The van der Waals surface area contributed by atoms with Crippen LogP contribution in [0.25, 0.3) is 0 Å². The first kappa shape index (κ1) is 12.3. The van der Waals surface area contributed by atoms with Crippen molar-refractivity contribution in [2.45, 2.75) is 13.2 Å². The van der Waals surface area contributed by atoms with Crippen molar-refractivity contribution in [3.05, 3.63) is 59.5 Å². The molecule has 0 saturated heterocycles. The fraction of sp³-hybridized carbons (Fsp3) is 0.154. The van der Waals surface area contributed by atoms with Crippen LogP contribution in [-0.4, -0.2) is 5.91 Å². The zero-order valence-electron chi connectivity index (χ0n) is 9.76. The summed E-state index contributed by atoms with van der Waals surface area (Å²) in [6.07, 6.45) is 1.61. The predicted octanol–water partition coefficient (Wildman–Crippen LogP) is 1.60. The maximum Gasteiger partial charge on any atom is 0.265 e. The second-order valence-corrected chi connectivity index (χ2v) is 3.74. The first-order valence-corrected chi connectivity index (χ1v) is 5.49. The fourth-order valence-corrected chi connectivity index (χ4v) is 1.50. The Kier molecular flexibility index (Phi) is 4.11. The van der Waals surface area contributed by atoms with E-state index in [1.54, 1.807) is 18.4 Å². The molecule has 3 N–H and O–H groups in total. The molecule has 0 fully saturated rings. The molecule has 1 aromatic heterocycles. The number of carbonyl (C=O) groups excluding carboxylic acids is 1. The summed E-state index contributed by atoms with van der Waals surface area (Å²) in [5.41, 5.74) is 3.58. The van der Waals surface area contributed by atoms with E-state index in [1.807, 2.05) is 24.3 Å². The van der Waals surface area contributed by atoms with Gasteiger partial charge in [-0.25, -0.2) is 5.84 Å². The van der Waals surface area contributed by atoms with Crippen molar-refractivity contribution < 1.29 is 13.9 Å². The lowest BCUT2D eigenvalue weighted by molar-refractivity contribution is 0.0926. The van der Waals surface area contributed by atoms with Crippen LogP contribution in [0.2, 0.25) is 0 Å². The van der Waals surface area contributed by atoms with Crippen molar-refractivity contribution in [1.82, 2.24) is 5.43 Å². The molecule has 0 unspecified atom stereocenters. The molecule has 5 heteroatoms. The summed E-state index contributed by atoms with van der Waals surface area (Å²) in [5.74, 6) is 5.52. The van der Waals surface area contributed by atoms with Gasteiger partial charge in [-0.2, -0.15) is 0 Å². The second kappa shape index (κ2) is 6.00. The number of furan rings is 1. The van der Waals surface area contributed by atoms with Crippen LogP contribution in [0.5, 0.6) is 0 Å². The molecular formula is C13H14N2O3.